The van der Waals surface area contributed by atoms with Gasteiger partial charge in [0.2, 0.25) is 0 Å². The lowest BCUT2D eigenvalue weighted by Gasteiger charge is -2.07. The summed E-state index contributed by atoms with van der Waals surface area (Å²) in [5, 5.41) is 6.90. The van der Waals surface area contributed by atoms with E-state index in [-0.39, 0.29) is 5.91 Å². The van der Waals surface area contributed by atoms with E-state index in [1.165, 1.54) is 0 Å². The molecule has 0 atom stereocenters. The number of nitrogen functional groups attached to an aromatic ring is 1. The van der Waals surface area contributed by atoms with Gasteiger partial charge < -0.3 is 11.1 Å². The Morgan fingerprint density at radius 2 is 2.33 bits per heavy atom. The van der Waals surface area contributed by atoms with Gasteiger partial charge >= 0.3 is 0 Å². The minimum absolute atomic E-state index is 0.0924. The number of aryl methyl sites for hydroxylation is 1. The summed E-state index contributed by atoms with van der Waals surface area (Å²) in [6.45, 7) is 3.09. The van der Waals surface area contributed by atoms with Crippen molar-refractivity contribution in [2.45, 2.75) is 13.5 Å². The Morgan fingerprint density at radius 3 is 3.00 bits per heavy atom. The molecule has 0 radical (unpaired) electrons. The highest BCUT2D eigenvalue weighted by Crippen LogP contribution is 2.12. The second-order valence-electron chi connectivity index (χ2n) is 4.10. The average molecular weight is 244 g/mol. The smallest absolute Gasteiger partial charge is 0.251 e. The third kappa shape index (κ3) is 2.88. The first-order chi connectivity index (χ1) is 8.66. The first kappa shape index (κ1) is 12.2. The molecule has 1 amide bonds. The highest BCUT2D eigenvalue weighted by atomic mass is 16.1. The van der Waals surface area contributed by atoms with Crippen molar-refractivity contribution in [1.82, 2.24) is 15.1 Å². The van der Waals surface area contributed by atoms with Crippen LogP contribution >= 0.6 is 0 Å². The average Bonchev–Trinajstić information content (AvgIpc) is 2.85. The molecular weight excluding hydrogens is 228 g/mol. The molecule has 0 saturated heterocycles. The van der Waals surface area contributed by atoms with Gasteiger partial charge in [-0.25, -0.2) is 0 Å². The van der Waals surface area contributed by atoms with Gasteiger partial charge in [0.15, 0.2) is 0 Å². The first-order valence-electron chi connectivity index (χ1n) is 5.78. The lowest BCUT2D eigenvalue weighted by atomic mass is 10.1. The number of nitrogens with two attached hydrogens (primary N) is 1. The van der Waals surface area contributed by atoms with Crippen LogP contribution in [0.5, 0.6) is 0 Å². The van der Waals surface area contributed by atoms with Crippen molar-refractivity contribution >= 4 is 11.6 Å². The SMILES string of the molecule is Cc1cc(C(=O)NCCn2cccn2)ccc1N. The summed E-state index contributed by atoms with van der Waals surface area (Å²) >= 11 is 0. The molecule has 0 unspecified atom stereocenters. The van der Waals surface area contributed by atoms with Crippen molar-refractivity contribution in [2.75, 3.05) is 12.3 Å². The second-order valence-corrected chi connectivity index (χ2v) is 4.10. The quantitative estimate of drug-likeness (QED) is 0.794. The Morgan fingerprint density at radius 1 is 1.50 bits per heavy atom. The number of nitrogens with zero attached hydrogens (tertiary/aromatic N) is 2. The van der Waals surface area contributed by atoms with E-state index in [0.29, 0.717) is 24.3 Å². The van der Waals surface area contributed by atoms with Crippen LogP contribution < -0.4 is 11.1 Å². The summed E-state index contributed by atoms with van der Waals surface area (Å²) in [5.41, 5.74) is 7.95. The number of carbonyl (C=O) groups excluding carboxylic acids is 1. The largest absolute Gasteiger partial charge is 0.399 e. The highest BCUT2D eigenvalue weighted by molar-refractivity contribution is 5.94. The minimum Gasteiger partial charge on any atom is -0.399 e. The van der Waals surface area contributed by atoms with E-state index in [0.717, 1.165) is 5.56 Å². The maximum Gasteiger partial charge on any atom is 0.251 e. The highest BCUT2D eigenvalue weighted by Gasteiger charge is 2.05. The lowest BCUT2D eigenvalue weighted by molar-refractivity contribution is 0.0952. The predicted molar refractivity (Wildman–Crippen MR) is 70.2 cm³/mol. The Kier molecular flexibility index (Phi) is 3.62. The maximum absolute atomic E-state index is 11.9. The third-order valence-corrected chi connectivity index (χ3v) is 2.72. The minimum atomic E-state index is -0.0924. The van der Waals surface area contributed by atoms with Crippen molar-refractivity contribution in [3.05, 3.63) is 47.8 Å². The van der Waals surface area contributed by atoms with E-state index < -0.39 is 0 Å². The van der Waals surface area contributed by atoms with Crippen LogP contribution in [-0.4, -0.2) is 22.2 Å². The number of hydrogen-bond donors (Lipinski definition) is 2. The third-order valence-electron chi connectivity index (χ3n) is 2.72. The van der Waals surface area contributed by atoms with Gasteiger partial charge in [0.25, 0.3) is 5.91 Å². The van der Waals surface area contributed by atoms with Gasteiger partial charge in [0.05, 0.1) is 6.54 Å². The van der Waals surface area contributed by atoms with Crippen LogP contribution in [0.1, 0.15) is 15.9 Å². The van der Waals surface area contributed by atoms with E-state index in [9.17, 15) is 4.79 Å². The lowest BCUT2D eigenvalue weighted by Crippen LogP contribution is -2.27. The molecule has 5 nitrogen and oxygen atoms in total. The van der Waals surface area contributed by atoms with Crippen LogP contribution in [0.25, 0.3) is 0 Å². The topological polar surface area (TPSA) is 72.9 Å². The number of amides is 1. The molecule has 0 aliphatic heterocycles. The first-order valence-corrected chi connectivity index (χ1v) is 5.78. The van der Waals surface area contributed by atoms with Crippen molar-refractivity contribution in [3.8, 4) is 0 Å². The van der Waals surface area contributed by atoms with Crippen molar-refractivity contribution in [3.63, 3.8) is 0 Å². The Bertz CT molecular complexity index is 534. The molecule has 1 heterocycles. The van der Waals surface area contributed by atoms with Crippen LogP contribution in [0.15, 0.2) is 36.7 Å². The number of anilines is 1. The zero-order chi connectivity index (χ0) is 13.0. The summed E-state index contributed by atoms with van der Waals surface area (Å²) in [7, 11) is 0. The predicted octanol–water partition coefficient (Wildman–Crippen LogP) is 1.20. The van der Waals surface area contributed by atoms with Gasteiger partial charge in [0, 0.05) is 30.2 Å². The molecule has 0 aliphatic carbocycles. The van der Waals surface area contributed by atoms with Crippen LogP contribution in [-0.2, 0) is 6.54 Å². The molecule has 0 fully saturated rings. The summed E-state index contributed by atoms with van der Waals surface area (Å²) < 4.78 is 1.77. The van der Waals surface area contributed by atoms with Crippen molar-refractivity contribution in [2.24, 2.45) is 0 Å². The van der Waals surface area contributed by atoms with E-state index in [1.54, 1.807) is 29.1 Å². The van der Waals surface area contributed by atoms with Gasteiger partial charge in [-0.15, -0.1) is 0 Å². The standard InChI is InChI=1S/C13H16N4O/c1-10-9-11(3-4-12(10)14)13(18)15-6-8-17-7-2-5-16-17/h2-5,7,9H,6,8,14H2,1H3,(H,15,18). The number of carbonyl (C=O) groups is 1. The molecule has 2 rings (SSSR count). The van der Waals surface area contributed by atoms with Crippen LogP contribution in [0.3, 0.4) is 0 Å². The molecular formula is C13H16N4O. The molecule has 94 valence electrons. The molecule has 0 saturated carbocycles. The Balaban J connectivity index is 1.89. The second kappa shape index (κ2) is 5.35. The van der Waals surface area contributed by atoms with Crippen LogP contribution in [0.2, 0.25) is 0 Å². The van der Waals surface area contributed by atoms with Gasteiger partial charge in [-0.2, -0.15) is 5.10 Å². The fourth-order valence-electron chi connectivity index (χ4n) is 1.64. The van der Waals surface area contributed by atoms with E-state index in [1.807, 2.05) is 19.2 Å². The monoisotopic (exact) mass is 244 g/mol. The fourth-order valence-corrected chi connectivity index (χ4v) is 1.64. The van der Waals surface area contributed by atoms with Gasteiger partial charge in [-0.05, 0) is 36.8 Å². The van der Waals surface area contributed by atoms with Crippen LogP contribution in [0, 0.1) is 6.92 Å². The summed E-state index contributed by atoms with van der Waals surface area (Å²) in [5.74, 6) is -0.0924. The van der Waals surface area contributed by atoms with E-state index in [4.69, 9.17) is 5.73 Å². The Hall–Kier alpha value is -2.30. The summed E-state index contributed by atoms with van der Waals surface area (Å²) in [6, 6.07) is 7.12. The number of aromatic nitrogens is 2. The molecule has 1 aromatic carbocycles. The number of hydrogen-bond acceptors (Lipinski definition) is 3. The molecule has 0 spiro atoms. The van der Waals surface area contributed by atoms with Gasteiger partial charge in [-0.1, -0.05) is 0 Å². The number of nitrogens with one attached hydrogen (secondary N) is 1. The van der Waals surface area contributed by atoms with Gasteiger partial charge in [0.1, 0.15) is 0 Å². The van der Waals surface area contributed by atoms with E-state index in [2.05, 4.69) is 10.4 Å². The van der Waals surface area contributed by atoms with Crippen molar-refractivity contribution < 1.29 is 4.79 Å². The molecule has 2 aromatic rings. The maximum atomic E-state index is 11.9. The zero-order valence-corrected chi connectivity index (χ0v) is 10.3. The zero-order valence-electron chi connectivity index (χ0n) is 10.3. The summed E-state index contributed by atoms with van der Waals surface area (Å²) in [4.78, 5) is 11.9. The molecule has 5 heteroatoms. The number of rotatable bonds is 4. The normalized spacial score (nSPS) is 10.3. The molecule has 1 aromatic heterocycles. The summed E-state index contributed by atoms with van der Waals surface area (Å²) in [6.07, 6.45) is 3.57. The number of benzene rings is 1. The molecule has 3 N–H and O–H groups in total. The van der Waals surface area contributed by atoms with Gasteiger partial charge in [-0.3, -0.25) is 9.48 Å². The van der Waals surface area contributed by atoms with E-state index >= 15 is 0 Å². The molecule has 0 bridgehead atoms. The van der Waals surface area contributed by atoms with Crippen molar-refractivity contribution in [1.29, 1.82) is 0 Å². The van der Waals surface area contributed by atoms with Crippen LogP contribution in [0.4, 0.5) is 5.69 Å². The fraction of sp³-hybridized carbons (Fsp3) is 0.231. The molecule has 18 heavy (non-hydrogen) atoms. The Labute approximate surface area is 106 Å². The molecule has 0 aliphatic rings.